The summed E-state index contributed by atoms with van der Waals surface area (Å²) in [5.74, 6) is 0. The first-order chi connectivity index (χ1) is 9.28. The van der Waals surface area contributed by atoms with E-state index in [1.807, 2.05) is 24.4 Å². The molecule has 0 fully saturated rings. The van der Waals surface area contributed by atoms with Crippen LogP contribution in [0.25, 0.3) is 10.9 Å². The van der Waals surface area contributed by atoms with Crippen LogP contribution in [0.3, 0.4) is 0 Å². The molecule has 0 amide bonds. The van der Waals surface area contributed by atoms with Gasteiger partial charge in [0.05, 0.1) is 17.8 Å². The average molecular weight is 316 g/mol. The van der Waals surface area contributed by atoms with Gasteiger partial charge in [0.25, 0.3) is 0 Å². The lowest BCUT2D eigenvalue weighted by Crippen LogP contribution is -2.04. The minimum atomic E-state index is 0.551. The number of hydrogen-bond donors (Lipinski definition) is 1. The van der Waals surface area contributed by atoms with Gasteiger partial charge in [-0.2, -0.15) is 0 Å². The molecule has 0 aliphatic heterocycles. The first-order valence-corrected chi connectivity index (χ1v) is 6.94. The Kier molecular flexibility index (Phi) is 3.36. The number of hydrogen-bond acceptors (Lipinski definition) is 2. The first-order valence-electron chi connectivity index (χ1n) is 6.15. The summed E-state index contributed by atoms with van der Waals surface area (Å²) in [6.07, 6.45) is 3.92. The van der Waals surface area contributed by atoms with Crippen molar-refractivity contribution in [1.29, 1.82) is 0 Å². The molecule has 0 radical (unpaired) electrons. The molecule has 4 heteroatoms. The van der Waals surface area contributed by atoms with Crippen LogP contribution in [-0.2, 0) is 13.1 Å². The van der Waals surface area contributed by atoms with Gasteiger partial charge in [0, 0.05) is 23.4 Å². The molecular formula is C15H14BrN3. The second-order valence-electron chi connectivity index (χ2n) is 4.47. The molecule has 2 N–H and O–H groups in total. The second-order valence-corrected chi connectivity index (χ2v) is 5.39. The number of benzene rings is 1. The largest absolute Gasteiger partial charge is 0.341 e. The predicted molar refractivity (Wildman–Crippen MR) is 80.9 cm³/mol. The quantitative estimate of drug-likeness (QED) is 0.806. The van der Waals surface area contributed by atoms with Gasteiger partial charge in [-0.1, -0.05) is 18.2 Å². The van der Waals surface area contributed by atoms with Gasteiger partial charge in [0.1, 0.15) is 0 Å². The van der Waals surface area contributed by atoms with E-state index in [0.717, 1.165) is 16.7 Å². The minimum Gasteiger partial charge on any atom is -0.341 e. The van der Waals surface area contributed by atoms with Crippen molar-refractivity contribution in [2.75, 3.05) is 0 Å². The highest BCUT2D eigenvalue weighted by atomic mass is 79.9. The zero-order valence-corrected chi connectivity index (χ0v) is 12.0. The molecular weight excluding hydrogens is 302 g/mol. The Balaban J connectivity index is 2.03. The topological polar surface area (TPSA) is 43.8 Å². The fraction of sp³-hybridized carbons (Fsp3) is 0.133. The highest BCUT2D eigenvalue weighted by Crippen LogP contribution is 2.21. The van der Waals surface area contributed by atoms with Crippen LogP contribution in [0.4, 0.5) is 0 Å². The Labute approximate surface area is 120 Å². The molecule has 3 rings (SSSR count). The fourth-order valence-corrected chi connectivity index (χ4v) is 2.55. The van der Waals surface area contributed by atoms with Crippen LogP contribution < -0.4 is 5.73 Å². The van der Waals surface area contributed by atoms with E-state index in [1.54, 1.807) is 0 Å². The van der Waals surface area contributed by atoms with Gasteiger partial charge >= 0.3 is 0 Å². The highest BCUT2D eigenvalue weighted by molar-refractivity contribution is 9.10. The van der Waals surface area contributed by atoms with Crippen LogP contribution in [0.15, 0.2) is 53.3 Å². The Hall–Kier alpha value is -1.65. The number of rotatable bonds is 3. The van der Waals surface area contributed by atoms with Crippen LogP contribution in [0.1, 0.15) is 11.3 Å². The van der Waals surface area contributed by atoms with E-state index in [1.165, 1.54) is 16.5 Å². The summed E-state index contributed by atoms with van der Waals surface area (Å²) >= 11 is 3.40. The van der Waals surface area contributed by atoms with E-state index in [-0.39, 0.29) is 0 Å². The summed E-state index contributed by atoms with van der Waals surface area (Å²) in [5.41, 5.74) is 9.23. The molecule has 96 valence electrons. The van der Waals surface area contributed by atoms with Crippen LogP contribution >= 0.6 is 15.9 Å². The lowest BCUT2D eigenvalue weighted by Gasteiger charge is -2.08. The molecule has 1 aromatic carbocycles. The van der Waals surface area contributed by atoms with Crippen molar-refractivity contribution in [3.8, 4) is 0 Å². The number of halogens is 1. The molecule has 3 aromatic rings. The molecule has 0 spiro atoms. The van der Waals surface area contributed by atoms with Crippen molar-refractivity contribution in [2.24, 2.45) is 5.73 Å². The second kappa shape index (κ2) is 5.15. The maximum atomic E-state index is 5.82. The molecule has 2 aromatic heterocycles. The fourth-order valence-electron chi connectivity index (χ4n) is 2.31. The Morgan fingerprint density at radius 1 is 1.16 bits per heavy atom. The standard InChI is InChI=1S/C15H14BrN3/c16-13-4-5-14(18-9-13)10-19-7-6-11-2-1-3-12(8-17)15(11)19/h1-7,9H,8,10,17H2. The third-order valence-corrected chi connectivity index (χ3v) is 3.68. The lowest BCUT2D eigenvalue weighted by molar-refractivity contribution is 0.801. The molecule has 0 saturated carbocycles. The third-order valence-electron chi connectivity index (χ3n) is 3.21. The zero-order valence-electron chi connectivity index (χ0n) is 10.4. The summed E-state index contributed by atoms with van der Waals surface area (Å²) in [7, 11) is 0. The van der Waals surface area contributed by atoms with Crippen LogP contribution in [0, 0.1) is 0 Å². The number of aromatic nitrogens is 2. The van der Waals surface area contributed by atoms with Crippen LogP contribution in [0.5, 0.6) is 0 Å². The summed E-state index contributed by atoms with van der Waals surface area (Å²) in [6, 6.07) is 12.4. The van der Waals surface area contributed by atoms with E-state index < -0.39 is 0 Å². The molecule has 2 heterocycles. The smallest absolute Gasteiger partial charge is 0.0648 e. The average Bonchev–Trinajstić information content (AvgIpc) is 2.85. The Morgan fingerprint density at radius 2 is 2.05 bits per heavy atom. The Morgan fingerprint density at radius 3 is 2.79 bits per heavy atom. The molecule has 0 saturated heterocycles. The van der Waals surface area contributed by atoms with Crippen molar-refractivity contribution in [3.63, 3.8) is 0 Å². The summed E-state index contributed by atoms with van der Waals surface area (Å²) in [5, 5.41) is 1.22. The Bertz CT molecular complexity index is 701. The monoisotopic (exact) mass is 315 g/mol. The molecule has 0 bridgehead atoms. The van der Waals surface area contributed by atoms with E-state index in [0.29, 0.717) is 6.54 Å². The maximum absolute atomic E-state index is 5.82. The van der Waals surface area contributed by atoms with E-state index in [4.69, 9.17) is 5.73 Å². The molecule has 0 aliphatic rings. The van der Waals surface area contributed by atoms with Crippen molar-refractivity contribution in [2.45, 2.75) is 13.1 Å². The summed E-state index contributed by atoms with van der Waals surface area (Å²) in [6.45, 7) is 1.31. The van der Waals surface area contributed by atoms with Crippen LogP contribution in [-0.4, -0.2) is 9.55 Å². The van der Waals surface area contributed by atoms with Gasteiger partial charge in [-0.05, 0) is 45.1 Å². The first kappa shape index (κ1) is 12.4. The van der Waals surface area contributed by atoms with E-state index in [9.17, 15) is 0 Å². The predicted octanol–water partition coefficient (Wildman–Crippen LogP) is 3.31. The zero-order chi connectivity index (χ0) is 13.2. The van der Waals surface area contributed by atoms with Gasteiger partial charge in [-0.3, -0.25) is 4.98 Å². The van der Waals surface area contributed by atoms with Crippen LogP contribution in [0.2, 0.25) is 0 Å². The van der Waals surface area contributed by atoms with Crippen molar-refractivity contribution >= 4 is 26.8 Å². The number of nitrogens with two attached hydrogens (primary N) is 1. The van der Waals surface area contributed by atoms with E-state index >= 15 is 0 Å². The minimum absolute atomic E-state index is 0.551. The van der Waals surface area contributed by atoms with Crippen molar-refractivity contribution in [3.05, 3.63) is 64.5 Å². The maximum Gasteiger partial charge on any atom is 0.0648 e. The van der Waals surface area contributed by atoms with Gasteiger partial charge in [0.15, 0.2) is 0 Å². The van der Waals surface area contributed by atoms with Gasteiger partial charge in [-0.15, -0.1) is 0 Å². The highest BCUT2D eigenvalue weighted by Gasteiger charge is 2.06. The SMILES string of the molecule is NCc1cccc2ccn(Cc3ccc(Br)cn3)c12. The number of fused-ring (bicyclic) bond motifs is 1. The molecule has 0 unspecified atom stereocenters. The molecule has 0 aliphatic carbocycles. The number of para-hydroxylation sites is 1. The number of pyridine rings is 1. The molecule has 19 heavy (non-hydrogen) atoms. The lowest BCUT2D eigenvalue weighted by atomic mass is 10.1. The normalized spacial score (nSPS) is 11.1. The molecule has 0 atom stereocenters. The molecule has 3 nitrogen and oxygen atoms in total. The van der Waals surface area contributed by atoms with E-state index in [2.05, 4.69) is 49.9 Å². The van der Waals surface area contributed by atoms with Crippen molar-refractivity contribution < 1.29 is 0 Å². The summed E-state index contributed by atoms with van der Waals surface area (Å²) < 4.78 is 3.20. The van der Waals surface area contributed by atoms with Gasteiger partial charge in [-0.25, -0.2) is 0 Å². The third kappa shape index (κ3) is 2.41. The van der Waals surface area contributed by atoms with Gasteiger partial charge < -0.3 is 10.3 Å². The number of nitrogens with zero attached hydrogens (tertiary/aromatic N) is 2. The van der Waals surface area contributed by atoms with Crippen molar-refractivity contribution in [1.82, 2.24) is 9.55 Å². The summed E-state index contributed by atoms with van der Waals surface area (Å²) in [4.78, 5) is 4.42. The van der Waals surface area contributed by atoms with Gasteiger partial charge in [0.2, 0.25) is 0 Å².